The highest BCUT2D eigenvalue weighted by Gasteiger charge is 2.20. The fraction of sp³-hybridized carbons (Fsp3) is 0.278. The van der Waals surface area contributed by atoms with E-state index in [2.05, 4.69) is 38.1 Å². The molecule has 1 N–H and O–H groups in total. The topological polar surface area (TPSA) is 59.3 Å². The maximum absolute atomic E-state index is 12.9. The summed E-state index contributed by atoms with van der Waals surface area (Å²) in [7, 11) is 0. The summed E-state index contributed by atoms with van der Waals surface area (Å²) in [6, 6.07) is 5.73. The van der Waals surface area contributed by atoms with Crippen LogP contribution in [-0.4, -0.2) is 20.3 Å². The van der Waals surface area contributed by atoms with Crippen molar-refractivity contribution in [2.24, 2.45) is 0 Å². The van der Waals surface area contributed by atoms with Crippen molar-refractivity contribution in [1.29, 1.82) is 0 Å². The lowest BCUT2D eigenvalue weighted by molar-refractivity contribution is 0.102. The number of halogens is 1. The normalized spacial score (nSPS) is 11.0. The number of imidazole rings is 1. The third kappa shape index (κ3) is 3.19. The van der Waals surface area contributed by atoms with E-state index >= 15 is 0 Å². The van der Waals surface area contributed by atoms with E-state index in [9.17, 15) is 4.79 Å². The van der Waals surface area contributed by atoms with Crippen LogP contribution in [0.5, 0.6) is 0 Å². The number of anilines is 1. The van der Waals surface area contributed by atoms with Crippen molar-refractivity contribution in [2.45, 2.75) is 33.6 Å². The first-order valence-corrected chi connectivity index (χ1v) is 8.70. The molecule has 3 rings (SSSR count). The number of nitrogens with zero attached hydrogens (tertiary/aromatic N) is 3. The lowest BCUT2D eigenvalue weighted by atomic mass is 10.2. The number of pyridine rings is 2. The van der Waals surface area contributed by atoms with Gasteiger partial charge in [-0.15, -0.1) is 0 Å². The standard InChI is InChI=1S/C18H19BrN4O/c1-4-5-14-16(18(24)22-15-7-6-11(2)9-20-15)23-10-13(19)8-12(3)17(23)21-14/h6-10H,4-5H2,1-3H3,(H,20,22,24). The van der Waals surface area contributed by atoms with Crippen LogP contribution in [0.3, 0.4) is 0 Å². The van der Waals surface area contributed by atoms with Crippen molar-refractivity contribution in [1.82, 2.24) is 14.4 Å². The predicted molar refractivity (Wildman–Crippen MR) is 98.6 cm³/mol. The average Bonchev–Trinajstić information content (AvgIpc) is 2.88. The number of rotatable bonds is 4. The van der Waals surface area contributed by atoms with Crippen molar-refractivity contribution in [2.75, 3.05) is 5.32 Å². The van der Waals surface area contributed by atoms with Gasteiger partial charge in [0.15, 0.2) is 0 Å². The molecule has 6 heteroatoms. The van der Waals surface area contributed by atoms with E-state index in [4.69, 9.17) is 0 Å². The van der Waals surface area contributed by atoms with Crippen LogP contribution in [0.2, 0.25) is 0 Å². The fourth-order valence-corrected chi connectivity index (χ4v) is 3.23. The smallest absolute Gasteiger partial charge is 0.275 e. The largest absolute Gasteiger partial charge is 0.305 e. The molecular weight excluding hydrogens is 368 g/mol. The third-order valence-corrected chi connectivity index (χ3v) is 4.23. The Morgan fingerprint density at radius 1 is 1.33 bits per heavy atom. The Bertz CT molecular complexity index is 900. The van der Waals surface area contributed by atoms with Crippen LogP contribution in [-0.2, 0) is 6.42 Å². The van der Waals surface area contributed by atoms with Crippen molar-refractivity contribution in [3.63, 3.8) is 0 Å². The second kappa shape index (κ2) is 6.73. The molecule has 1 amide bonds. The minimum absolute atomic E-state index is 0.195. The van der Waals surface area contributed by atoms with Gasteiger partial charge in [0.1, 0.15) is 17.2 Å². The highest BCUT2D eigenvalue weighted by molar-refractivity contribution is 9.10. The molecule has 0 spiro atoms. The molecule has 3 aromatic rings. The van der Waals surface area contributed by atoms with Gasteiger partial charge in [-0.05, 0) is 59.5 Å². The predicted octanol–water partition coefficient (Wildman–Crippen LogP) is 4.31. The van der Waals surface area contributed by atoms with E-state index in [0.29, 0.717) is 11.5 Å². The minimum atomic E-state index is -0.195. The maximum Gasteiger partial charge on any atom is 0.275 e. The Morgan fingerprint density at radius 2 is 2.12 bits per heavy atom. The average molecular weight is 387 g/mol. The molecule has 0 unspecified atom stereocenters. The van der Waals surface area contributed by atoms with Crippen LogP contribution in [0.4, 0.5) is 5.82 Å². The SMILES string of the molecule is CCCc1nc2c(C)cc(Br)cn2c1C(=O)Nc1ccc(C)cn1. The zero-order chi connectivity index (χ0) is 17.3. The van der Waals surface area contributed by atoms with E-state index in [1.54, 1.807) is 12.3 Å². The number of hydrogen-bond donors (Lipinski definition) is 1. The highest BCUT2D eigenvalue weighted by Crippen LogP contribution is 2.22. The summed E-state index contributed by atoms with van der Waals surface area (Å²) >= 11 is 3.50. The maximum atomic E-state index is 12.9. The van der Waals surface area contributed by atoms with E-state index in [1.165, 1.54) is 0 Å². The lowest BCUT2D eigenvalue weighted by Gasteiger charge is -2.07. The lowest BCUT2D eigenvalue weighted by Crippen LogP contribution is -2.17. The van der Waals surface area contributed by atoms with E-state index < -0.39 is 0 Å². The molecule has 124 valence electrons. The Kier molecular flexibility index (Phi) is 4.66. The van der Waals surface area contributed by atoms with Gasteiger partial charge in [0.2, 0.25) is 0 Å². The number of carbonyl (C=O) groups is 1. The molecule has 3 heterocycles. The van der Waals surface area contributed by atoms with Crippen LogP contribution in [0.25, 0.3) is 5.65 Å². The van der Waals surface area contributed by atoms with Crippen LogP contribution < -0.4 is 5.32 Å². The first-order valence-electron chi connectivity index (χ1n) is 7.90. The molecule has 0 aromatic carbocycles. The number of fused-ring (bicyclic) bond motifs is 1. The quantitative estimate of drug-likeness (QED) is 0.726. The molecule has 0 radical (unpaired) electrons. The van der Waals surface area contributed by atoms with Crippen LogP contribution >= 0.6 is 15.9 Å². The number of aryl methyl sites for hydroxylation is 3. The van der Waals surface area contributed by atoms with E-state index in [-0.39, 0.29) is 5.91 Å². The van der Waals surface area contributed by atoms with Gasteiger partial charge >= 0.3 is 0 Å². The molecule has 0 bridgehead atoms. The summed E-state index contributed by atoms with van der Waals surface area (Å²) in [6.45, 7) is 6.03. The molecule has 0 atom stereocenters. The molecule has 0 aliphatic carbocycles. The van der Waals surface area contributed by atoms with Gasteiger partial charge in [0.05, 0.1) is 5.69 Å². The van der Waals surface area contributed by atoms with Gasteiger partial charge in [-0.3, -0.25) is 9.20 Å². The van der Waals surface area contributed by atoms with Crippen LogP contribution in [0.15, 0.2) is 35.1 Å². The first-order chi connectivity index (χ1) is 11.5. The number of amides is 1. The molecular formula is C18H19BrN4O. The number of nitrogens with one attached hydrogen (secondary N) is 1. The van der Waals surface area contributed by atoms with Gasteiger partial charge in [-0.25, -0.2) is 9.97 Å². The summed E-state index contributed by atoms with van der Waals surface area (Å²) in [5, 5.41) is 2.88. The van der Waals surface area contributed by atoms with Gasteiger partial charge in [-0.2, -0.15) is 0 Å². The molecule has 24 heavy (non-hydrogen) atoms. The first kappa shape index (κ1) is 16.6. The fourth-order valence-electron chi connectivity index (χ4n) is 2.68. The highest BCUT2D eigenvalue weighted by atomic mass is 79.9. The molecule has 0 saturated heterocycles. The second-order valence-corrected chi connectivity index (χ2v) is 6.78. The van der Waals surface area contributed by atoms with Crippen molar-refractivity contribution in [3.05, 3.63) is 57.6 Å². The Balaban J connectivity index is 2.07. The molecule has 0 aliphatic heterocycles. The van der Waals surface area contributed by atoms with Crippen LogP contribution in [0, 0.1) is 13.8 Å². The Morgan fingerprint density at radius 3 is 2.79 bits per heavy atom. The van der Waals surface area contributed by atoms with E-state index in [0.717, 1.165) is 39.8 Å². The zero-order valence-electron chi connectivity index (χ0n) is 13.9. The summed E-state index contributed by atoms with van der Waals surface area (Å²) in [6.07, 6.45) is 5.29. The minimum Gasteiger partial charge on any atom is -0.305 e. The molecule has 5 nitrogen and oxygen atoms in total. The van der Waals surface area contributed by atoms with Crippen LogP contribution in [0.1, 0.15) is 40.7 Å². The Hall–Kier alpha value is -2.21. The van der Waals surface area contributed by atoms with Gasteiger partial charge in [0.25, 0.3) is 5.91 Å². The summed E-state index contributed by atoms with van der Waals surface area (Å²) < 4.78 is 2.77. The van der Waals surface area contributed by atoms with Gasteiger partial charge in [0, 0.05) is 16.9 Å². The van der Waals surface area contributed by atoms with E-state index in [1.807, 2.05) is 36.6 Å². The zero-order valence-corrected chi connectivity index (χ0v) is 15.5. The summed E-state index contributed by atoms with van der Waals surface area (Å²) in [5.74, 6) is 0.342. The third-order valence-electron chi connectivity index (χ3n) is 3.80. The van der Waals surface area contributed by atoms with Gasteiger partial charge < -0.3 is 5.32 Å². The van der Waals surface area contributed by atoms with Crippen molar-refractivity contribution < 1.29 is 4.79 Å². The summed E-state index contributed by atoms with van der Waals surface area (Å²) in [5.41, 5.74) is 4.26. The number of hydrogen-bond acceptors (Lipinski definition) is 3. The molecule has 3 aromatic heterocycles. The van der Waals surface area contributed by atoms with Crippen molar-refractivity contribution in [3.8, 4) is 0 Å². The van der Waals surface area contributed by atoms with Gasteiger partial charge in [-0.1, -0.05) is 19.4 Å². The monoisotopic (exact) mass is 386 g/mol. The number of aromatic nitrogens is 3. The second-order valence-electron chi connectivity index (χ2n) is 5.87. The van der Waals surface area contributed by atoms with Crippen molar-refractivity contribution >= 4 is 33.3 Å². The Labute approximate surface area is 149 Å². The molecule has 0 saturated carbocycles. The molecule has 0 aliphatic rings. The number of carbonyl (C=O) groups excluding carboxylic acids is 1. The molecule has 0 fully saturated rings. The summed E-state index contributed by atoms with van der Waals surface area (Å²) in [4.78, 5) is 21.8.